The number of hydrogen-bond donors (Lipinski definition) is 1. The monoisotopic (exact) mass is 397 g/mol. The van der Waals surface area contributed by atoms with Crippen molar-refractivity contribution in [1.82, 2.24) is 0 Å². The first kappa shape index (κ1) is 23.1. The van der Waals surface area contributed by atoms with Gasteiger partial charge in [-0.2, -0.15) is 6.08 Å². The maximum Gasteiger partial charge on any atom is 0.142 e. The fraction of sp³-hybridized carbons (Fsp3) is 0.0667. The molecule has 21 heavy (non-hydrogen) atoms. The van der Waals surface area contributed by atoms with Crippen molar-refractivity contribution >= 4 is 58.8 Å². The second-order valence-corrected chi connectivity index (χ2v) is 4.55. The molecule has 6 heteroatoms. The molecule has 0 heterocycles. The molecule has 0 saturated carbocycles. The van der Waals surface area contributed by atoms with E-state index in [4.69, 9.17) is 23.2 Å². The predicted molar refractivity (Wildman–Crippen MR) is 91.7 cm³/mol. The number of allylic oxidation sites excluding steroid dienone is 4. The normalized spacial score (nSPS) is 10.8. The van der Waals surface area contributed by atoms with Gasteiger partial charge in [0.15, 0.2) is 0 Å². The number of benzene rings is 2. The molecule has 2 aromatic rings. The van der Waals surface area contributed by atoms with Crippen molar-refractivity contribution < 1.29 is 26.8 Å². The van der Waals surface area contributed by atoms with Crippen molar-refractivity contribution in [1.29, 1.82) is 0 Å². The van der Waals surface area contributed by atoms with Crippen LogP contribution < -0.4 is 0 Å². The number of phenols is 1. The second kappa shape index (κ2) is 11.4. The molecule has 112 valence electrons. The first-order valence-electron chi connectivity index (χ1n) is 5.47. The quantitative estimate of drug-likeness (QED) is 0.426. The maximum absolute atomic E-state index is 9.59. The molecule has 0 unspecified atom stereocenters. The Bertz CT molecular complexity index is 616. The number of halogens is 4. The van der Waals surface area contributed by atoms with Crippen LogP contribution in [0, 0.1) is 6.08 Å². The van der Waals surface area contributed by atoms with Crippen LogP contribution in [0.4, 0.5) is 0 Å². The summed E-state index contributed by atoms with van der Waals surface area (Å²) < 4.78 is 0. The Kier molecular flexibility index (Phi) is 12.6. The number of fused-ring (bicyclic) bond motifs is 1. The molecule has 0 radical (unpaired) electrons. The van der Waals surface area contributed by atoms with E-state index in [2.05, 4.69) is 12.2 Å². The molecule has 3 rings (SSSR count). The Labute approximate surface area is 161 Å². The fourth-order valence-electron chi connectivity index (χ4n) is 1.62. The average Bonchev–Trinajstić information content (AvgIpc) is 2.95. The van der Waals surface area contributed by atoms with Crippen LogP contribution in [0.2, 0.25) is 10.0 Å². The summed E-state index contributed by atoms with van der Waals surface area (Å²) in [7, 11) is 0. The average molecular weight is 399 g/mol. The summed E-state index contributed by atoms with van der Waals surface area (Å²) in [5.74, 6) is 0.0849. The van der Waals surface area contributed by atoms with E-state index in [9.17, 15) is 5.11 Å². The molecule has 1 N–H and O–H groups in total. The number of aromatic hydroxyl groups is 1. The maximum atomic E-state index is 9.59. The van der Waals surface area contributed by atoms with Crippen molar-refractivity contribution in [2.24, 2.45) is 0 Å². The van der Waals surface area contributed by atoms with Crippen LogP contribution in [-0.2, 0) is 21.7 Å². The summed E-state index contributed by atoms with van der Waals surface area (Å²) >= 11 is 11.7. The van der Waals surface area contributed by atoms with Gasteiger partial charge in [0, 0.05) is 32.5 Å². The Balaban J connectivity index is 0. The second-order valence-electron chi connectivity index (χ2n) is 3.74. The molecule has 0 amide bonds. The van der Waals surface area contributed by atoms with Crippen molar-refractivity contribution in [3.05, 3.63) is 64.7 Å². The third kappa shape index (κ3) is 6.24. The summed E-state index contributed by atoms with van der Waals surface area (Å²) in [4.78, 5) is 0. The van der Waals surface area contributed by atoms with E-state index in [1.54, 1.807) is 12.1 Å². The van der Waals surface area contributed by atoms with E-state index >= 15 is 0 Å². The van der Waals surface area contributed by atoms with E-state index in [0.29, 0.717) is 10.4 Å². The van der Waals surface area contributed by atoms with Crippen molar-refractivity contribution in [2.45, 2.75) is 6.42 Å². The Morgan fingerprint density at radius 1 is 1.00 bits per heavy atom. The standard InChI is InChI=1S/C10H6Cl2O.C5H5.2ClH.Ti/c11-8-5-9(12)10(13)7-4-2-1-3-6(7)8;1-2-4-5-3-1;;;/h1-5,13H;1-3H,4H2;2*1H;/q;-1;;;. The number of phenolic OH excluding ortho intramolecular Hbond substituents is 1. The zero-order valence-corrected chi connectivity index (χ0v) is 15.6. The molecule has 0 aliphatic heterocycles. The molecule has 1 aliphatic carbocycles. The zero-order chi connectivity index (χ0) is 13.0. The largest absolute Gasteiger partial charge is 0.506 e. The number of hydrogen-bond acceptors (Lipinski definition) is 1. The van der Waals surface area contributed by atoms with Gasteiger partial charge in [-0.25, -0.2) is 12.2 Å². The summed E-state index contributed by atoms with van der Waals surface area (Å²) in [5, 5.41) is 11.9. The van der Waals surface area contributed by atoms with Crippen LogP contribution in [0.15, 0.2) is 48.6 Å². The van der Waals surface area contributed by atoms with Crippen molar-refractivity contribution in [2.75, 3.05) is 0 Å². The molecule has 1 nitrogen and oxygen atoms in total. The predicted octanol–water partition coefficient (Wildman–Crippen LogP) is 6.00. The first-order valence-corrected chi connectivity index (χ1v) is 6.23. The van der Waals surface area contributed by atoms with Crippen LogP contribution in [-0.4, -0.2) is 5.11 Å². The topological polar surface area (TPSA) is 20.2 Å². The molecule has 1 aliphatic rings. The van der Waals surface area contributed by atoms with Crippen LogP contribution in [0.3, 0.4) is 0 Å². The van der Waals surface area contributed by atoms with E-state index in [-0.39, 0.29) is 57.3 Å². The van der Waals surface area contributed by atoms with Gasteiger partial charge in [0.1, 0.15) is 5.75 Å². The third-order valence-electron chi connectivity index (χ3n) is 2.51. The molecule has 0 aromatic heterocycles. The SMILES string of the molecule is Cl.Cl.Oc1c(Cl)cc(Cl)c2ccccc12.[C-]1=CC=CC1.[Ti]. The molecule has 0 spiro atoms. The van der Waals surface area contributed by atoms with Crippen LogP contribution in [0.25, 0.3) is 10.8 Å². The third-order valence-corrected chi connectivity index (χ3v) is 3.11. The summed E-state index contributed by atoms with van der Waals surface area (Å²) in [6.07, 6.45) is 10.0. The Morgan fingerprint density at radius 3 is 2.10 bits per heavy atom. The van der Waals surface area contributed by atoms with E-state index in [0.717, 1.165) is 11.8 Å². The van der Waals surface area contributed by atoms with Gasteiger partial charge in [-0.15, -0.1) is 31.2 Å². The van der Waals surface area contributed by atoms with Gasteiger partial charge in [-0.05, 0) is 6.07 Å². The summed E-state index contributed by atoms with van der Waals surface area (Å²) in [6.45, 7) is 0. The van der Waals surface area contributed by atoms with Crippen LogP contribution in [0.5, 0.6) is 5.75 Å². The molecular formula is C15H13Cl4OTi-. The minimum Gasteiger partial charge on any atom is -0.506 e. The molecule has 0 fully saturated rings. The molecule has 0 atom stereocenters. The molecule has 0 saturated heterocycles. The van der Waals surface area contributed by atoms with Gasteiger partial charge in [0.25, 0.3) is 0 Å². The van der Waals surface area contributed by atoms with Gasteiger partial charge in [0.2, 0.25) is 0 Å². The van der Waals surface area contributed by atoms with Gasteiger partial charge in [-0.1, -0.05) is 47.5 Å². The van der Waals surface area contributed by atoms with E-state index in [1.807, 2.05) is 30.4 Å². The number of rotatable bonds is 0. The van der Waals surface area contributed by atoms with Gasteiger partial charge in [0.05, 0.1) is 10.0 Å². The molecule has 0 bridgehead atoms. The van der Waals surface area contributed by atoms with Gasteiger partial charge in [-0.3, -0.25) is 6.08 Å². The van der Waals surface area contributed by atoms with Gasteiger partial charge < -0.3 is 5.11 Å². The zero-order valence-electron chi connectivity index (χ0n) is 10.8. The first-order chi connectivity index (χ1) is 8.70. The fourth-order valence-corrected chi connectivity index (χ4v) is 2.16. The summed E-state index contributed by atoms with van der Waals surface area (Å²) in [5.41, 5.74) is 0. The van der Waals surface area contributed by atoms with Crippen molar-refractivity contribution in [3.8, 4) is 5.75 Å². The van der Waals surface area contributed by atoms with Crippen LogP contribution in [0.1, 0.15) is 6.42 Å². The Hall–Kier alpha value is -0.146. The molecular weight excluding hydrogens is 386 g/mol. The van der Waals surface area contributed by atoms with Crippen molar-refractivity contribution in [3.63, 3.8) is 0 Å². The Morgan fingerprint density at radius 2 is 1.62 bits per heavy atom. The van der Waals surface area contributed by atoms with Crippen LogP contribution >= 0.6 is 48.0 Å². The molecule has 2 aromatic carbocycles. The van der Waals surface area contributed by atoms with E-state index in [1.165, 1.54) is 0 Å². The minimum atomic E-state index is 0. The van der Waals surface area contributed by atoms with E-state index < -0.39 is 0 Å². The van der Waals surface area contributed by atoms with Gasteiger partial charge >= 0.3 is 0 Å². The smallest absolute Gasteiger partial charge is 0.142 e. The minimum absolute atomic E-state index is 0. The summed E-state index contributed by atoms with van der Waals surface area (Å²) in [6, 6.07) is 8.85.